The first-order chi connectivity index (χ1) is 25.4. The van der Waals surface area contributed by atoms with Gasteiger partial charge in [-0.3, -0.25) is 19.2 Å². The number of fused-ring (bicyclic) bond motifs is 1. The second-order valence-electron chi connectivity index (χ2n) is 15.0. The third-order valence-electron chi connectivity index (χ3n) is 10.9. The summed E-state index contributed by atoms with van der Waals surface area (Å²) in [6.45, 7) is 8.72. The van der Waals surface area contributed by atoms with Crippen molar-refractivity contribution in [1.82, 2.24) is 25.8 Å². The number of carboxylic acids is 1. The molecule has 6 atom stereocenters. The van der Waals surface area contributed by atoms with E-state index in [1.165, 1.54) is 17.9 Å². The number of ether oxygens (including phenoxy) is 1. The average molecular weight is 724 g/mol. The smallest absolute Gasteiger partial charge is 0.330 e. The minimum absolute atomic E-state index is 0.00996. The zero-order valence-corrected chi connectivity index (χ0v) is 30.5. The molecule has 3 fully saturated rings. The monoisotopic (exact) mass is 723 g/mol. The lowest BCUT2D eigenvalue weighted by molar-refractivity contribution is -0.146. The molecule has 2 saturated carbocycles. The van der Waals surface area contributed by atoms with E-state index in [2.05, 4.69) is 22.5 Å². The standard InChI is InChI=1S/C41H49N5O7/c1-5-28-22-41(28,40(51)52)45-37(48)33-20-29(53-34-21-32(26-14-8-6-9-15-26)43-31-19-13-12-18-30(31)34)23-46(33)39(50)35(24(2)3)44-38(49)36(42-25(4)47)27-16-10-7-11-17-27/h5-6,8-9,12-15,18-19,21,24,27-29,33,35-36H,1,7,10-11,16-17,20,22-23H2,2-4H3,(H,42,47)(H,44,49)(H,45,48)(H,51,52)/t28-,29+,33-,35-,36-,41+/m0/s1. The van der Waals surface area contributed by atoms with E-state index in [1.54, 1.807) is 0 Å². The lowest BCUT2D eigenvalue weighted by Gasteiger charge is -2.34. The van der Waals surface area contributed by atoms with Gasteiger partial charge >= 0.3 is 5.97 Å². The molecule has 3 aromatic rings. The van der Waals surface area contributed by atoms with Gasteiger partial charge in [-0.25, -0.2) is 9.78 Å². The molecule has 4 N–H and O–H groups in total. The predicted octanol–water partition coefficient (Wildman–Crippen LogP) is 4.62. The van der Waals surface area contributed by atoms with Gasteiger partial charge in [-0.15, -0.1) is 6.58 Å². The number of likely N-dealkylation sites (tertiary alicyclic amines) is 1. The number of aliphatic carboxylic acids is 1. The van der Waals surface area contributed by atoms with Crippen LogP contribution in [0.1, 0.15) is 65.7 Å². The number of carbonyl (C=O) groups excluding carboxylic acids is 4. The van der Waals surface area contributed by atoms with Gasteiger partial charge in [-0.2, -0.15) is 0 Å². The molecule has 1 aromatic heterocycles. The van der Waals surface area contributed by atoms with Crippen LogP contribution in [0.3, 0.4) is 0 Å². The van der Waals surface area contributed by atoms with E-state index < -0.39 is 59.4 Å². The molecule has 0 spiro atoms. The van der Waals surface area contributed by atoms with Gasteiger partial charge in [0.15, 0.2) is 0 Å². The maximum absolute atomic E-state index is 14.6. The summed E-state index contributed by atoms with van der Waals surface area (Å²) in [5.41, 5.74) is 0.799. The van der Waals surface area contributed by atoms with E-state index in [-0.39, 0.29) is 37.1 Å². The van der Waals surface area contributed by atoms with E-state index in [4.69, 9.17) is 9.72 Å². The maximum atomic E-state index is 14.6. The lowest BCUT2D eigenvalue weighted by atomic mass is 9.83. The second kappa shape index (κ2) is 15.8. The van der Waals surface area contributed by atoms with Gasteiger partial charge in [0.25, 0.3) is 0 Å². The van der Waals surface area contributed by atoms with Crippen molar-refractivity contribution in [2.24, 2.45) is 17.8 Å². The number of amides is 4. The zero-order valence-electron chi connectivity index (χ0n) is 30.5. The quantitative estimate of drug-likeness (QED) is 0.186. The molecule has 12 heteroatoms. The lowest BCUT2D eigenvalue weighted by Crippen LogP contribution is -2.60. The molecular formula is C41H49N5O7. The first-order valence-electron chi connectivity index (χ1n) is 18.6. The summed E-state index contributed by atoms with van der Waals surface area (Å²) < 4.78 is 6.65. The number of carboxylic acid groups (broad SMARTS) is 1. The number of pyridine rings is 1. The fourth-order valence-electron chi connectivity index (χ4n) is 7.89. The van der Waals surface area contributed by atoms with Crippen molar-refractivity contribution in [1.29, 1.82) is 0 Å². The number of nitrogens with one attached hydrogen (secondary N) is 3. The average Bonchev–Trinajstić information content (AvgIpc) is 3.72. The van der Waals surface area contributed by atoms with Crippen LogP contribution < -0.4 is 20.7 Å². The van der Waals surface area contributed by atoms with Crippen molar-refractivity contribution in [3.05, 3.63) is 73.3 Å². The summed E-state index contributed by atoms with van der Waals surface area (Å²) in [4.78, 5) is 73.3. The molecule has 2 aromatic carbocycles. The number of hydrogen-bond acceptors (Lipinski definition) is 7. The van der Waals surface area contributed by atoms with Crippen molar-refractivity contribution in [2.45, 2.75) is 95.5 Å². The Morgan fingerprint density at radius 1 is 1.00 bits per heavy atom. The van der Waals surface area contributed by atoms with Crippen LogP contribution in [0, 0.1) is 17.8 Å². The summed E-state index contributed by atoms with van der Waals surface area (Å²) >= 11 is 0. The SMILES string of the molecule is C=C[C@H]1C[C@]1(NC(=O)[C@@H]1C[C@@H](Oc2cc(-c3ccccc3)nc3ccccc23)CN1C(=O)[C@@H](NC(=O)[C@@H](NC(C)=O)C1CCCCC1)C(C)C)C(=O)O. The maximum Gasteiger partial charge on any atom is 0.330 e. The Hall–Kier alpha value is -5.26. The van der Waals surface area contributed by atoms with Crippen molar-refractivity contribution in [3.8, 4) is 17.0 Å². The molecule has 4 amide bonds. The summed E-state index contributed by atoms with van der Waals surface area (Å²) in [5, 5.41) is 19.3. The number of para-hydroxylation sites is 1. The fraction of sp³-hybridized carbons (Fsp3) is 0.463. The highest BCUT2D eigenvalue weighted by atomic mass is 16.5. The Balaban J connectivity index is 1.30. The van der Waals surface area contributed by atoms with Crippen molar-refractivity contribution in [2.75, 3.05) is 6.54 Å². The van der Waals surface area contributed by atoms with Crippen LogP contribution in [0.4, 0.5) is 0 Å². The number of aromatic nitrogens is 1. The number of benzene rings is 2. The Kier molecular flexibility index (Phi) is 11.2. The Bertz CT molecular complexity index is 1880. The predicted molar refractivity (Wildman–Crippen MR) is 199 cm³/mol. The van der Waals surface area contributed by atoms with Gasteiger partial charge < -0.3 is 30.7 Å². The molecule has 1 aliphatic heterocycles. The van der Waals surface area contributed by atoms with Gasteiger partial charge in [0.1, 0.15) is 35.5 Å². The van der Waals surface area contributed by atoms with Gasteiger partial charge in [-0.1, -0.05) is 81.7 Å². The molecule has 1 saturated heterocycles. The van der Waals surface area contributed by atoms with Gasteiger partial charge in [0, 0.05) is 36.3 Å². The van der Waals surface area contributed by atoms with E-state index in [0.717, 1.165) is 43.1 Å². The van der Waals surface area contributed by atoms with Crippen LogP contribution in [0.2, 0.25) is 0 Å². The largest absolute Gasteiger partial charge is 0.488 e. The van der Waals surface area contributed by atoms with Crippen molar-refractivity contribution < 1.29 is 33.8 Å². The van der Waals surface area contributed by atoms with Gasteiger partial charge in [0.2, 0.25) is 23.6 Å². The van der Waals surface area contributed by atoms with Crippen molar-refractivity contribution >= 4 is 40.5 Å². The van der Waals surface area contributed by atoms with Crippen LogP contribution >= 0.6 is 0 Å². The van der Waals surface area contributed by atoms with Crippen LogP contribution in [0.5, 0.6) is 5.75 Å². The summed E-state index contributed by atoms with van der Waals surface area (Å²) in [6, 6.07) is 16.2. The third kappa shape index (κ3) is 8.06. The van der Waals surface area contributed by atoms with Crippen LogP contribution in [-0.2, 0) is 24.0 Å². The van der Waals surface area contributed by atoms with E-state index in [1.807, 2.05) is 74.5 Å². The minimum Gasteiger partial charge on any atom is -0.488 e. The highest BCUT2D eigenvalue weighted by Gasteiger charge is 2.61. The molecule has 2 aliphatic carbocycles. The van der Waals surface area contributed by atoms with Crippen molar-refractivity contribution in [3.63, 3.8) is 0 Å². The molecule has 0 unspecified atom stereocenters. The molecule has 0 radical (unpaired) electrons. The minimum atomic E-state index is -1.50. The highest BCUT2D eigenvalue weighted by Crippen LogP contribution is 2.45. The van der Waals surface area contributed by atoms with Crippen LogP contribution in [-0.4, -0.2) is 80.9 Å². The van der Waals surface area contributed by atoms with Gasteiger partial charge in [-0.05, 0) is 43.2 Å². The van der Waals surface area contributed by atoms with Crippen LogP contribution in [0.25, 0.3) is 22.2 Å². The van der Waals surface area contributed by atoms with E-state index in [9.17, 15) is 29.1 Å². The summed E-state index contributed by atoms with van der Waals surface area (Å²) in [7, 11) is 0. The molecular weight excluding hydrogens is 674 g/mol. The molecule has 53 heavy (non-hydrogen) atoms. The molecule has 280 valence electrons. The molecule has 0 bridgehead atoms. The first kappa shape index (κ1) is 37.5. The normalized spacial score (nSPS) is 23.8. The Labute approximate surface area is 309 Å². The molecule has 6 rings (SSSR count). The second-order valence-corrected chi connectivity index (χ2v) is 15.0. The Morgan fingerprint density at radius 3 is 2.34 bits per heavy atom. The summed E-state index contributed by atoms with van der Waals surface area (Å²) in [5.74, 6) is -3.41. The van der Waals surface area contributed by atoms with Gasteiger partial charge in [0.05, 0.1) is 17.8 Å². The summed E-state index contributed by atoms with van der Waals surface area (Å²) in [6.07, 6.45) is 5.69. The molecule has 2 heterocycles. The topological polar surface area (TPSA) is 167 Å². The number of nitrogens with zero attached hydrogens (tertiary/aromatic N) is 2. The van der Waals surface area contributed by atoms with Crippen LogP contribution in [0.15, 0.2) is 73.3 Å². The number of carbonyl (C=O) groups is 5. The van der Waals surface area contributed by atoms with E-state index >= 15 is 0 Å². The first-order valence-corrected chi connectivity index (χ1v) is 18.6. The van der Waals surface area contributed by atoms with E-state index in [0.29, 0.717) is 17.0 Å². The Morgan fingerprint density at radius 2 is 1.70 bits per heavy atom. The fourth-order valence-corrected chi connectivity index (χ4v) is 7.89. The zero-order chi connectivity index (χ0) is 37.9. The molecule has 12 nitrogen and oxygen atoms in total. The third-order valence-corrected chi connectivity index (χ3v) is 10.9. The molecule has 3 aliphatic rings. The number of rotatable bonds is 13. The highest BCUT2D eigenvalue weighted by molar-refractivity contribution is 5.97. The number of hydrogen-bond donors (Lipinski definition) is 4.